The van der Waals surface area contributed by atoms with Gasteiger partial charge < -0.3 is 19.5 Å². The van der Waals surface area contributed by atoms with Crippen LogP contribution in [0.3, 0.4) is 0 Å². The van der Waals surface area contributed by atoms with E-state index in [0.29, 0.717) is 31.5 Å². The number of hydrogen-bond donors (Lipinski definition) is 1. The minimum Gasteiger partial charge on any atom is -0.481 e. The van der Waals surface area contributed by atoms with Crippen LogP contribution in [0.5, 0.6) is 0 Å². The van der Waals surface area contributed by atoms with Crippen LogP contribution in [0.25, 0.3) is 0 Å². The molecule has 6 heteroatoms. The number of carbonyl (C=O) groups excluding carboxylic acids is 1. The third kappa shape index (κ3) is 1.45. The molecule has 4 aliphatic heterocycles. The summed E-state index contributed by atoms with van der Waals surface area (Å²) < 4.78 is 11.3. The molecule has 0 aromatic heterocycles. The van der Waals surface area contributed by atoms with Crippen molar-refractivity contribution in [2.75, 3.05) is 26.3 Å². The molecule has 1 aliphatic carbocycles. The van der Waals surface area contributed by atoms with E-state index in [1.165, 1.54) is 6.42 Å². The van der Waals surface area contributed by atoms with Gasteiger partial charge in [0.1, 0.15) is 5.41 Å². The zero-order chi connectivity index (χ0) is 14.4. The highest BCUT2D eigenvalue weighted by molar-refractivity contribution is 5.83. The van der Waals surface area contributed by atoms with Crippen molar-refractivity contribution in [3.8, 4) is 0 Å². The number of rotatable bonds is 2. The van der Waals surface area contributed by atoms with Crippen LogP contribution in [-0.4, -0.2) is 60.4 Å². The van der Waals surface area contributed by atoms with Crippen molar-refractivity contribution in [2.24, 2.45) is 29.1 Å². The minimum atomic E-state index is -0.879. The smallest absolute Gasteiger partial charge is 0.314 e. The highest BCUT2D eigenvalue weighted by atomic mass is 16.5. The number of carboxylic acids is 1. The van der Waals surface area contributed by atoms with Gasteiger partial charge in [-0.25, -0.2) is 0 Å². The second-order valence-electron chi connectivity index (χ2n) is 7.44. The summed E-state index contributed by atoms with van der Waals surface area (Å²) >= 11 is 0. The van der Waals surface area contributed by atoms with Gasteiger partial charge in [0.2, 0.25) is 5.91 Å². The number of carboxylic acid groups (broad SMARTS) is 1. The molecule has 5 aliphatic rings. The maximum atomic E-state index is 12.8. The number of nitrogens with zero attached hydrogens (tertiary/aromatic N) is 1. The van der Waals surface area contributed by atoms with E-state index in [9.17, 15) is 14.7 Å². The maximum Gasteiger partial charge on any atom is 0.314 e. The molecule has 114 valence electrons. The topological polar surface area (TPSA) is 76.1 Å². The van der Waals surface area contributed by atoms with Crippen molar-refractivity contribution in [2.45, 2.75) is 25.0 Å². The molecule has 1 amide bonds. The summed E-state index contributed by atoms with van der Waals surface area (Å²) in [7, 11) is 0. The molecule has 21 heavy (non-hydrogen) atoms. The van der Waals surface area contributed by atoms with E-state index in [-0.39, 0.29) is 36.6 Å². The first-order chi connectivity index (χ1) is 10.1. The standard InChI is InChI=1S/C15H19NO5/c17-13(10-2-11-8-1-9(8)12(10)21-11)16-3-7-4-20-6-15(7,5-16)14(18)19/h7-12H,1-6H2,(H,18,19)/t7-,8-,9+,10-,11+,12+,15-/m1/s1. The molecule has 0 unspecified atom stereocenters. The molecule has 1 N–H and O–H groups in total. The van der Waals surface area contributed by atoms with E-state index in [1.807, 2.05) is 0 Å². The predicted octanol–water partition coefficient (Wildman–Crippen LogP) is -0.0306. The van der Waals surface area contributed by atoms with Crippen LogP contribution in [0.1, 0.15) is 12.8 Å². The van der Waals surface area contributed by atoms with Gasteiger partial charge in [-0.05, 0) is 24.7 Å². The minimum absolute atomic E-state index is 0.0376. The summed E-state index contributed by atoms with van der Waals surface area (Å²) in [6.07, 6.45) is 2.44. The summed E-state index contributed by atoms with van der Waals surface area (Å²) in [4.78, 5) is 26.2. The summed E-state index contributed by atoms with van der Waals surface area (Å²) in [5.74, 6) is 0.485. The molecular weight excluding hydrogens is 274 g/mol. The monoisotopic (exact) mass is 293 g/mol. The van der Waals surface area contributed by atoms with Crippen molar-refractivity contribution in [1.29, 1.82) is 0 Å². The lowest BCUT2D eigenvalue weighted by molar-refractivity contribution is -0.150. The Morgan fingerprint density at radius 2 is 2.10 bits per heavy atom. The Morgan fingerprint density at radius 3 is 2.76 bits per heavy atom. The summed E-state index contributed by atoms with van der Waals surface area (Å²) in [6.45, 7) is 1.50. The number of aliphatic carboxylic acids is 1. The van der Waals surface area contributed by atoms with Gasteiger partial charge in [0, 0.05) is 19.0 Å². The van der Waals surface area contributed by atoms with Gasteiger partial charge in [0.25, 0.3) is 0 Å². The van der Waals surface area contributed by atoms with Crippen molar-refractivity contribution < 1.29 is 24.2 Å². The number of ether oxygens (including phenoxy) is 2. The van der Waals surface area contributed by atoms with E-state index in [1.54, 1.807) is 4.90 Å². The van der Waals surface area contributed by atoms with Crippen LogP contribution < -0.4 is 0 Å². The highest BCUT2D eigenvalue weighted by Gasteiger charge is 2.65. The molecule has 0 aromatic carbocycles. The molecule has 0 spiro atoms. The number of hydrogen-bond acceptors (Lipinski definition) is 4. The van der Waals surface area contributed by atoms with Crippen molar-refractivity contribution >= 4 is 11.9 Å². The fraction of sp³-hybridized carbons (Fsp3) is 0.867. The molecule has 5 rings (SSSR count). The number of likely N-dealkylation sites (tertiary alicyclic amines) is 1. The Morgan fingerprint density at radius 1 is 1.24 bits per heavy atom. The highest BCUT2D eigenvalue weighted by Crippen LogP contribution is 2.61. The van der Waals surface area contributed by atoms with Gasteiger partial charge in [-0.2, -0.15) is 0 Å². The molecule has 4 saturated heterocycles. The molecular formula is C15H19NO5. The van der Waals surface area contributed by atoms with Gasteiger partial charge in [-0.3, -0.25) is 9.59 Å². The Kier molecular flexibility index (Phi) is 2.24. The molecule has 5 fully saturated rings. The molecule has 7 atom stereocenters. The molecule has 0 radical (unpaired) electrons. The Bertz CT molecular complexity index is 536. The fourth-order valence-electron chi connectivity index (χ4n) is 5.13. The van der Waals surface area contributed by atoms with Crippen LogP contribution >= 0.6 is 0 Å². The molecule has 6 nitrogen and oxygen atoms in total. The second kappa shape index (κ2) is 3.79. The number of amides is 1. The average Bonchev–Trinajstić information content (AvgIpc) is 2.81. The SMILES string of the molecule is O=C([C@@H]1C[C@@H]2O[C@H]1[C@H]1C[C@H]12)N1C[C@@H]2COC[C@]2(C(=O)O)C1. The van der Waals surface area contributed by atoms with E-state index in [0.717, 1.165) is 6.42 Å². The van der Waals surface area contributed by atoms with E-state index in [4.69, 9.17) is 9.47 Å². The predicted molar refractivity (Wildman–Crippen MR) is 69.3 cm³/mol. The van der Waals surface area contributed by atoms with Gasteiger partial charge in [-0.15, -0.1) is 0 Å². The average molecular weight is 293 g/mol. The van der Waals surface area contributed by atoms with Crippen LogP contribution in [0.15, 0.2) is 0 Å². The fourth-order valence-corrected chi connectivity index (χ4v) is 5.13. The Balaban J connectivity index is 1.35. The van der Waals surface area contributed by atoms with Crippen molar-refractivity contribution in [1.82, 2.24) is 4.90 Å². The lowest BCUT2D eigenvalue weighted by atomic mass is 9.81. The third-order valence-electron chi connectivity index (χ3n) is 6.43. The van der Waals surface area contributed by atoms with Gasteiger partial charge in [0.15, 0.2) is 0 Å². The lowest BCUT2D eigenvalue weighted by Gasteiger charge is -2.26. The quantitative estimate of drug-likeness (QED) is 0.774. The van der Waals surface area contributed by atoms with Gasteiger partial charge >= 0.3 is 5.97 Å². The lowest BCUT2D eigenvalue weighted by Crippen LogP contribution is -2.43. The Hall–Kier alpha value is -1.14. The first-order valence-electron chi connectivity index (χ1n) is 7.85. The number of fused-ring (bicyclic) bond motifs is 6. The zero-order valence-corrected chi connectivity index (χ0v) is 11.7. The van der Waals surface area contributed by atoms with Crippen LogP contribution in [0, 0.1) is 29.1 Å². The summed E-state index contributed by atoms with van der Waals surface area (Å²) in [5.41, 5.74) is -0.879. The van der Waals surface area contributed by atoms with E-state index >= 15 is 0 Å². The first kappa shape index (κ1) is 12.4. The van der Waals surface area contributed by atoms with Gasteiger partial charge in [-0.1, -0.05) is 0 Å². The van der Waals surface area contributed by atoms with Crippen LogP contribution in [0.2, 0.25) is 0 Å². The number of carbonyl (C=O) groups is 2. The second-order valence-corrected chi connectivity index (χ2v) is 7.44. The van der Waals surface area contributed by atoms with Crippen LogP contribution in [-0.2, 0) is 19.1 Å². The molecule has 1 saturated carbocycles. The molecule has 4 heterocycles. The Labute approximate surface area is 122 Å². The molecule has 2 bridgehead atoms. The van der Waals surface area contributed by atoms with Crippen LogP contribution in [0.4, 0.5) is 0 Å². The largest absolute Gasteiger partial charge is 0.481 e. The first-order valence-corrected chi connectivity index (χ1v) is 7.85. The van der Waals surface area contributed by atoms with E-state index in [2.05, 4.69) is 0 Å². The van der Waals surface area contributed by atoms with E-state index < -0.39 is 11.4 Å². The normalized spacial score (nSPS) is 52.9. The zero-order valence-electron chi connectivity index (χ0n) is 11.7. The maximum absolute atomic E-state index is 12.8. The summed E-state index contributed by atoms with van der Waals surface area (Å²) in [6, 6.07) is 0. The van der Waals surface area contributed by atoms with Crippen molar-refractivity contribution in [3.63, 3.8) is 0 Å². The van der Waals surface area contributed by atoms with Gasteiger partial charge in [0.05, 0.1) is 31.3 Å². The summed E-state index contributed by atoms with van der Waals surface area (Å²) in [5, 5.41) is 9.55. The molecule has 0 aromatic rings. The third-order valence-corrected chi connectivity index (χ3v) is 6.43. The van der Waals surface area contributed by atoms with Crippen molar-refractivity contribution in [3.05, 3.63) is 0 Å².